The van der Waals surface area contributed by atoms with E-state index in [-0.39, 0.29) is 0 Å². The van der Waals surface area contributed by atoms with Gasteiger partial charge in [0.2, 0.25) is 0 Å². The second-order valence-electron chi connectivity index (χ2n) is 4.52. The van der Waals surface area contributed by atoms with E-state index in [1.165, 1.54) is 5.56 Å². The van der Waals surface area contributed by atoms with Crippen LogP contribution in [0.2, 0.25) is 0 Å². The van der Waals surface area contributed by atoms with Crippen LogP contribution in [0.15, 0.2) is 54.7 Å². The van der Waals surface area contributed by atoms with E-state index < -0.39 is 0 Å². The number of rotatable bonds is 0. The van der Waals surface area contributed by atoms with Crippen LogP contribution in [0.5, 0.6) is 11.5 Å². The highest BCUT2D eigenvalue weighted by atomic mass is 16.5. The molecule has 1 aliphatic rings. The molecule has 0 N–H and O–H groups in total. The van der Waals surface area contributed by atoms with Gasteiger partial charge in [0, 0.05) is 23.6 Å². The molecule has 0 spiro atoms. The maximum Gasteiger partial charge on any atom is 0.141 e. The number of ether oxygens (including phenoxy) is 1. The van der Waals surface area contributed by atoms with Gasteiger partial charge < -0.3 is 4.74 Å². The van der Waals surface area contributed by atoms with E-state index in [4.69, 9.17) is 4.74 Å². The minimum Gasteiger partial charge on any atom is -0.456 e. The van der Waals surface area contributed by atoms with E-state index in [9.17, 15) is 0 Å². The lowest BCUT2D eigenvalue weighted by Gasteiger charge is -2.21. The van der Waals surface area contributed by atoms with Gasteiger partial charge in [-0.3, -0.25) is 4.98 Å². The van der Waals surface area contributed by atoms with Crippen molar-refractivity contribution in [2.24, 2.45) is 0 Å². The van der Waals surface area contributed by atoms with E-state index in [1.54, 1.807) is 0 Å². The molecule has 0 fully saturated rings. The van der Waals surface area contributed by atoms with E-state index in [0.717, 1.165) is 34.4 Å². The highest BCUT2D eigenvalue weighted by Crippen LogP contribution is 2.39. The van der Waals surface area contributed by atoms with Crippen molar-refractivity contribution in [3.8, 4) is 11.5 Å². The second-order valence-corrected chi connectivity index (χ2v) is 4.52. The predicted molar refractivity (Wildman–Crippen MR) is 71.1 cm³/mol. The van der Waals surface area contributed by atoms with Gasteiger partial charge in [-0.25, -0.2) is 0 Å². The fraction of sp³-hybridized carbons (Fsp3) is 0.0625. The standard InChI is InChI=1S/C16H11NO/c1-4-8-15-11(5-1)9-12-10-17-14-7-3-2-6-13(14)16(12)18-15/h1-8,10H,9H2. The number of aromatic nitrogens is 1. The van der Waals surface area contributed by atoms with Crippen LogP contribution < -0.4 is 4.74 Å². The Bertz CT molecular complexity index is 749. The van der Waals surface area contributed by atoms with E-state index in [1.807, 2.05) is 42.6 Å². The minimum absolute atomic E-state index is 0.892. The summed E-state index contributed by atoms with van der Waals surface area (Å²) in [6, 6.07) is 16.3. The number of fused-ring (bicyclic) bond motifs is 4. The van der Waals surface area contributed by atoms with Crippen molar-refractivity contribution >= 4 is 10.9 Å². The van der Waals surface area contributed by atoms with Crippen molar-refractivity contribution in [2.45, 2.75) is 6.42 Å². The second kappa shape index (κ2) is 3.57. The van der Waals surface area contributed by atoms with E-state index in [2.05, 4.69) is 17.1 Å². The molecule has 18 heavy (non-hydrogen) atoms. The van der Waals surface area contributed by atoms with Crippen LogP contribution >= 0.6 is 0 Å². The van der Waals surface area contributed by atoms with Crippen molar-refractivity contribution in [1.29, 1.82) is 0 Å². The van der Waals surface area contributed by atoms with Gasteiger partial charge in [0.25, 0.3) is 0 Å². The summed E-state index contributed by atoms with van der Waals surface area (Å²) in [7, 11) is 0. The monoisotopic (exact) mass is 233 g/mol. The third-order valence-electron chi connectivity index (χ3n) is 3.37. The summed E-state index contributed by atoms with van der Waals surface area (Å²) in [5.74, 6) is 1.92. The van der Waals surface area contributed by atoms with Crippen LogP contribution in [0.3, 0.4) is 0 Å². The Hall–Kier alpha value is -2.35. The molecule has 1 aromatic heterocycles. The molecular formula is C16H11NO. The number of pyridine rings is 1. The molecule has 2 nitrogen and oxygen atoms in total. The number of nitrogens with zero attached hydrogens (tertiary/aromatic N) is 1. The molecule has 2 heterocycles. The van der Waals surface area contributed by atoms with Gasteiger partial charge in [-0.15, -0.1) is 0 Å². The Labute approximate surface area is 105 Å². The molecule has 4 rings (SSSR count). The van der Waals surface area contributed by atoms with Crippen molar-refractivity contribution in [2.75, 3.05) is 0 Å². The maximum absolute atomic E-state index is 6.05. The Morgan fingerprint density at radius 1 is 0.889 bits per heavy atom. The molecule has 86 valence electrons. The summed E-state index contributed by atoms with van der Waals surface area (Å²) < 4.78 is 6.05. The molecule has 1 aliphatic heterocycles. The Morgan fingerprint density at radius 2 is 1.72 bits per heavy atom. The van der Waals surface area contributed by atoms with Crippen LogP contribution in [-0.4, -0.2) is 4.98 Å². The third-order valence-corrected chi connectivity index (χ3v) is 3.37. The molecule has 2 heteroatoms. The van der Waals surface area contributed by atoms with Crippen LogP contribution in [0.4, 0.5) is 0 Å². The maximum atomic E-state index is 6.05. The lowest BCUT2D eigenvalue weighted by atomic mass is 10.00. The molecule has 0 amide bonds. The molecule has 0 saturated heterocycles. The summed E-state index contributed by atoms with van der Waals surface area (Å²) >= 11 is 0. The molecule has 0 unspecified atom stereocenters. The first kappa shape index (κ1) is 9.66. The summed E-state index contributed by atoms with van der Waals surface area (Å²) in [4.78, 5) is 4.49. The van der Waals surface area contributed by atoms with Crippen molar-refractivity contribution in [3.05, 3.63) is 65.9 Å². The predicted octanol–water partition coefficient (Wildman–Crippen LogP) is 3.93. The number of hydrogen-bond donors (Lipinski definition) is 0. The molecule has 0 bridgehead atoms. The van der Waals surface area contributed by atoms with Gasteiger partial charge in [0.1, 0.15) is 11.5 Å². The van der Waals surface area contributed by atoms with E-state index in [0.29, 0.717) is 0 Å². The Morgan fingerprint density at radius 3 is 2.72 bits per heavy atom. The van der Waals surface area contributed by atoms with Crippen molar-refractivity contribution in [1.82, 2.24) is 4.98 Å². The van der Waals surface area contributed by atoms with Crippen LogP contribution in [-0.2, 0) is 6.42 Å². The smallest absolute Gasteiger partial charge is 0.141 e. The zero-order valence-corrected chi connectivity index (χ0v) is 9.76. The first-order valence-electron chi connectivity index (χ1n) is 6.04. The van der Waals surface area contributed by atoms with Crippen LogP contribution in [0.25, 0.3) is 10.9 Å². The normalized spacial score (nSPS) is 12.7. The number of benzene rings is 2. The topological polar surface area (TPSA) is 22.1 Å². The molecule has 0 radical (unpaired) electrons. The summed E-state index contributed by atoms with van der Waals surface area (Å²) in [6.45, 7) is 0. The van der Waals surface area contributed by atoms with Crippen molar-refractivity contribution < 1.29 is 4.74 Å². The van der Waals surface area contributed by atoms with Gasteiger partial charge in [-0.2, -0.15) is 0 Å². The van der Waals surface area contributed by atoms with Crippen LogP contribution in [0, 0.1) is 0 Å². The molecule has 0 atom stereocenters. The average Bonchev–Trinajstić information content (AvgIpc) is 2.45. The van der Waals surface area contributed by atoms with Gasteiger partial charge in [0.15, 0.2) is 0 Å². The number of para-hydroxylation sites is 2. The lowest BCUT2D eigenvalue weighted by molar-refractivity contribution is 0.465. The molecule has 3 aromatic rings. The molecule has 0 aliphatic carbocycles. The van der Waals surface area contributed by atoms with Crippen molar-refractivity contribution in [3.63, 3.8) is 0 Å². The van der Waals surface area contributed by atoms with Crippen LogP contribution in [0.1, 0.15) is 11.1 Å². The highest BCUT2D eigenvalue weighted by Gasteiger charge is 2.18. The Balaban J connectivity index is 1.98. The fourth-order valence-electron chi connectivity index (χ4n) is 2.47. The van der Waals surface area contributed by atoms with Gasteiger partial charge in [0.05, 0.1) is 5.52 Å². The lowest BCUT2D eigenvalue weighted by Crippen LogP contribution is -2.04. The molecule has 0 saturated carbocycles. The first-order valence-corrected chi connectivity index (χ1v) is 6.04. The highest BCUT2D eigenvalue weighted by molar-refractivity contribution is 5.87. The third kappa shape index (κ3) is 1.32. The zero-order chi connectivity index (χ0) is 11.9. The fourth-order valence-corrected chi connectivity index (χ4v) is 2.47. The molecular weight excluding hydrogens is 222 g/mol. The SMILES string of the molecule is c1ccc2c(c1)Cc1cnc3ccccc3c1O2. The van der Waals surface area contributed by atoms with Gasteiger partial charge in [-0.1, -0.05) is 30.3 Å². The molecule has 2 aromatic carbocycles. The largest absolute Gasteiger partial charge is 0.456 e. The summed E-state index contributed by atoms with van der Waals surface area (Å²) in [5, 5.41) is 1.09. The summed E-state index contributed by atoms with van der Waals surface area (Å²) in [6.07, 6.45) is 2.82. The Kier molecular flexibility index (Phi) is 1.92. The average molecular weight is 233 g/mol. The minimum atomic E-state index is 0.892. The quantitative estimate of drug-likeness (QED) is 0.459. The number of hydrogen-bond acceptors (Lipinski definition) is 2. The summed E-state index contributed by atoms with van der Waals surface area (Å²) in [5.41, 5.74) is 3.37. The van der Waals surface area contributed by atoms with Gasteiger partial charge in [-0.05, 0) is 23.8 Å². The zero-order valence-electron chi connectivity index (χ0n) is 9.76. The van der Waals surface area contributed by atoms with Gasteiger partial charge >= 0.3 is 0 Å². The van der Waals surface area contributed by atoms with E-state index >= 15 is 0 Å². The first-order chi connectivity index (χ1) is 8.92.